The predicted octanol–water partition coefficient (Wildman–Crippen LogP) is 2.34. The highest BCUT2D eigenvalue weighted by Gasteiger charge is 2.25. The van der Waals surface area contributed by atoms with Crippen molar-refractivity contribution >= 4 is 17.8 Å². The molecule has 38 heavy (non-hydrogen) atoms. The highest BCUT2D eigenvalue weighted by Crippen LogP contribution is 2.35. The number of piperidine rings is 2. The maximum Gasteiger partial charge on any atom is 0.305 e. The third-order valence-electron chi connectivity index (χ3n) is 8.07. The second kappa shape index (κ2) is 14.3. The van der Waals surface area contributed by atoms with E-state index in [-0.39, 0.29) is 31.6 Å². The minimum Gasteiger partial charge on any atom is -0.481 e. The molecule has 10 nitrogen and oxygen atoms in total. The summed E-state index contributed by atoms with van der Waals surface area (Å²) in [6.45, 7) is 4.08. The van der Waals surface area contributed by atoms with Gasteiger partial charge in [0.05, 0.1) is 19.0 Å². The molecule has 1 unspecified atom stereocenters. The van der Waals surface area contributed by atoms with Crippen LogP contribution < -0.4 is 30.7 Å². The highest BCUT2D eigenvalue weighted by atomic mass is 16.7. The normalized spacial score (nSPS) is 18.8. The second-order valence-corrected chi connectivity index (χ2v) is 10.8. The number of hydrogen-bond acceptors (Lipinski definition) is 7. The molecule has 3 aliphatic rings. The van der Waals surface area contributed by atoms with Crippen LogP contribution in [-0.4, -0.2) is 62.4 Å². The Balaban J connectivity index is 1.31. The Labute approximate surface area is 224 Å². The zero-order valence-electron chi connectivity index (χ0n) is 22.1. The van der Waals surface area contributed by atoms with Gasteiger partial charge in [0.1, 0.15) is 0 Å². The van der Waals surface area contributed by atoms with E-state index in [1.165, 1.54) is 0 Å². The van der Waals surface area contributed by atoms with Crippen molar-refractivity contribution in [2.45, 2.75) is 63.8 Å². The Morgan fingerprint density at radius 2 is 1.53 bits per heavy atom. The van der Waals surface area contributed by atoms with E-state index in [4.69, 9.17) is 9.47 Å². The number of carboxylic acid groups (broad SMARTS) is 1. The van der Waals surface area contributed by atoms with Crippen LogP contribution in [0.25, 0.3) is 0 Å². The predicted molar refractivity (Wildman–Crippen MR) is 142 cm³/mol. The lowest BCUT2D eigenvalue weighted by atomic mass is 9.84. The van der Waals surface area contributed by atoms with Crippen molar-refractivity contribution in [1.82, 2.24) is 21.3 Å². The minimum atomic E-state index is -1.03. The van der Waals surface area contributed by atoms with Gasteiger partial charge in [-0.15, -0.1) is 0 Å². The summed E-state index contributed by atoms with van der Waals surface area (Å²) in [7, 11) is 0. The first-order valence-electron chi connectivity index (χ1n) is 14.1. The summed E-state index contributed by atoms with van der Waals surface area (Å²) in [4.78, 5) is 37.5. The first kappa shape index (κ1) is 28.2. The van der Waals surface area contributed by atoms with Crippen molar-refractivity contribution < 1.29 is 29.0 Å². The number of amides is 2. The van der Waals surface area contributed by atoms with Crippen LogP contribution in [0.1, 0.15) is 69.4 Å². The topological polar surface area (TPSA) is 138 Å². The number of benzene rings is 1. The van der Waals surface area contributed by atoms with Crippen LogP contribution in [0.4, 0.5) is 0 Å². The van der Waals surface area contributed by atoms with Crippen LogP contribution in [0.2, 0.25) is 0 Å². The van der Waals surface area contributed by atoms with Crippen LogP contribution in [0, 0.1) is 17.8 Å². The fourth-order valence-electron chi connectivity index (χ4n) is 5.73. The molecule has 5 N–H and O–H groups in total. The van der Waals surface area contributed by atoms with Gasteiger partial charge in [-0.05, 0) is 107 Å². The van der Waals surface area contributed by atoms with E-state index in [1.807, 2.05) is 0 Å². The molecule has 2 fully saturated rings. The van der Waals surface area contributed by atoms with Crippen molar-refractivity contribution in [2.75, 3.05) is 39.5 Å². The molecule has 0 aliphatic carbocycles. The van der Waals surface area contributed by atoms with E-state index in [0.717, 1.165) is 77.5 Å². The molecule has 0 radical (unpaired) electrons. The standard InChI is InChI=1S/C28H42N4O6/c33-26(32-23(16-27(34)35)22-5-6-24-25(15-22)38-18-37-24)17-31-28(36)21(3-1-19-7-11-29-12-8-19)4-2-20-9-13-30-14-10-20/h5-6,15,19-21,23,29-30H,1-4,7-14,16-18H2,(H,31,36)(H,32,33)(H,34,35). The molecule has 0 saturated carbocycles. The van der Waals surface area contributed by atoms with Crippen molar-refractivity contribution in [3.05, 3.63) is 23.8 Å². The third kappa shape index (κ3) is 8.59. The summed E-state index contributed by atoms with van der Waals surface area (Å²) in [6, 6.07) is 4.36. The number of nitrogens with one attached hydrogen (secondary N) is 4. The number of aliphatic carboxylic acids is 1. The molecular formula is C28H42N4O6. The SMILES string of the molecule is O=C(O)CC(NC(=O)CNC(=O)C(CCC1CCNCC1)CCC1CCNCC1)c1ccc2c(c1)OCO2. The molecule has 0 bridgehead atoms. The number of hydrogen-bond donors (Lipinski definition) is 5. The molecule has 1 aromatic rings. The summed E-state index contributed by atoms with van der Waals surface area (Å²) in [6.07, 6.45) is 8.04. The summed E-state index contributed by atoms with van der Waals surface area (Å²) >= 11 is 0. The molecule has 1 aromatic carbocycles. The largest absolute Gasteiger partial charge is 0.481 e. The van der Waals surface area contributed by atoms with Gasteiger partial charge in [-0.3, -0.25) is 14.4 Å². The fourth-order valence-corrected chi connectivity index (χ4v) is 5.73. The summed E-state index contributed by atoms with van der Waals surface area (Å²) in [5.41, 5.74) is 0.609. The number of carbonyl (C=O) groups excluding carboxylic acids is 2. The summed E-state index contributed by atoms with van der Waals surface area (Å²) in [5, 5.41) is 21.8. The third-order valence-corrected chi connectivity index (χ3v) is 8.07. The molecular weight excluding hydrogens is 488 g/mol. The Morgan fingerprint density at radius 1 is 0.921 bits per heavy atom. The van der Waals surface area contributed by atoms with Crippen molar-refractivity contribution in [2.24, 2.45) is 17.8 Å². The zero-order chi connectivity index (χ0) is 26.7. The quantitative estimate of drug-likeness (QED) is 0.262. The Hall–Kier alpha value is -2.85. The number of ether oxygens (including phenoxy) is 2. The lowest BCUT2D eigenvalue weighted by molar-refractivity contribution is -0.138. The van der Waals surface area contributed by atoms with Gasteiger partial charge in [0.2, 0.25) is 18.6 Å². The van der Waals surface area contributed by atoms with Gasteiger partial charge in [-0.1, -0.05) is 6.07 Å². The molecule has 10 heteroatoms. The Bertz CT molecular complexity index is 923. The fraction of sp³-hybridized carbons (Fsp3) is 0.679. The number of carboxylic acids is 1. The van der Waals surface area contributed by atoms with E-state index < -0.39 is 17.9 Å². The zero-order valence-corrected chi connectivity index (χ0v) is 22.1. The minimum absolute atomic E-state index is 0.0825. The van der Waals surface area contributed by atoms with Gasteiger partial charge in [0.15, 0.2) is 11.5 Å². The van der Waals surface area contributed by atoms with Gasteiger partial charge in [-0.25, -0.2) is 0 Å². The first-order valence-corrected chi connectivity index (χ1v) is 14.1. The van der Waals surface area contributed by atoms with Crippen LogP contribution >= 0.6 is 0 Å². The van der Waals surface area contributed by atoms with Gasteiger partial charge >= 0.3 is 5.97 Å². The van der Waals surface area contributed by atoms with E-state index in [0.29, 0.717) is 28.9 Å². The molecule has 210 valence electrons. The maximum absolute atomic E-state index is 13.2. The van der Waals surface area contributed by atoms with Crippen molar-refractivity contribution in [1.29, 1.82) is 0 Å². The molecule has 0 spiro atoms. The highest BCUT2D eigenvalue weighted by molar-refractivity contribution is 5.86. The van der Waals surface area contributed by atoms with Crippen molar-refractivity contribution in [3.63, 3.8) is 0 Å². The Kier molecular flexibility index (Phi) is 10.6. The average Bonchev–Trinajstić information content (AvgIpc) is 3.40. The molecule has 4 rings (SSSR count). The molecule has 2 saturated heterocycles. The van der Waals surface area contributed by atoms with E-state index >= 15 is 0 Å². The molecule has 0 aromatic heterocycles. The van der Waals surface area contributed by atoms with E-state index in [1.54, 1.807) is 18.2 Å². The molecule has 2 amide bonds. The number of carbonyl (C=O) groups is 3. The van der Waals surface area contributed by atoms with E-state index in [2.05, 4.69) is 21.3 Å². The average molecular weight is 531 g/mol. The summed E-state index contributed by atoms with van der Waals surface area (Å²) in [5.74, 6) is 0.745. The van der Waals surface area contributed by atoms with Crippen LogP contribution in [0.3, 0.4) is 0 Å². The lowest BCUT2D eigenvalue weighted by Crippen LogP contribution is -2.41. The van der Waals surface area contributed by atoms with E-state index in [9.17, 15) is 19.5 Å². The van der Waals surface area contributed by atoms with Crippen LogP contribution in [0.15, 0.2) is 18.2 Å². The maximum atomic E-state index is 13.2. The van der Waals surface area contributed by atoms with Gasteiger partial charge in [0, 0.05) is 5.92 Å². The monoisotopic (exact) mass is 530 g/mol. The second-order valence-electron chi connectivity index (χ2n) is 10.8. The molecule has 1 atom stereocenters. The van der Waals surface area contributed by atoms with Gasteiger partial charge < -0.3 is 35.8 Å². The van der Waals surface area contributed by atoms with Gasteiger partial charge in [-0.2, -0.15) is 0 Å². The Morgan fingerprint density at radius 3 is 2.13 bits per heavy atom. The molecule has 3 heterocycles. The number of rotatable bonds is 13. The van der Waals surface area contributed by atoms with Crippen LogP contribution in [-0.2, 0) is 14.4 Å². The smallest absolute Gasteiger partial charge is 0.305 e. The first-order chi connectivity index (χ1) is 18.5. The molecule has 3 aliphatic heterocycles. The lowest BCUT2D eigenvalue weighted by Gasteiger charge is -2.27. The van der Waals surface area contributed by atoms with Crippen molar-refractivity contribution in [3.8, 4) is 11.5 Å². The van der Waals surface area contributed by atoms with Gasteiger partial charge in [0.25, 0.3) is 0 Å². The number of fused-ring (bicyclic) bond motifs is 1. The van der Waals surface area contributed by atoms with Crippen LogP contribution in [0.5, 0.6) is 11.5 Å². The summed E-state index contributed by atoms with van der Waals surface area (Å²) < 4.78 is 10.7.